The Morgan fingerprint density at radius 1 is 0.933 bits per heavy atom. The second-order valence-electron chi connectivity index (χ2n) is 3.60. The maximum Gasteiger partial charge on any atom is 0.0781 e. The Hall–Kier alpha value is -1.29. The molecule has 1 aliphatic heterocycles. The average molecular weight is 218 g/mol. The maximum absolute atomic E-state index is 9.90. The molecular formula is C12H10O2S. The van der Waals surface area contributed by atoms with Gasteiger partial charge in [-0.3, -0.25) is 9.11 Å². The molecule has 0 bridgehead atoms. The molecule has 0 saturated carbocycles. The molecule has 3 heteroatoms. The third-order valence-electron chi connectivity index (χ3n) is 2.65. The summed E-state index contributed by atoms with van der Waals surface area (Å²) in [6.45, 7) is 0. The number of rotatable bonds is 0. The molecule has 0 fully saturated rings. The summed E-state index contributed by atoms with van der Waals surface area (Å²) >= 11 is 0. The lowest BCUT2D eigenvalue weighted by Crippen LogP contribution is -1.93. The van der Waals surface area contributed by atoms with Crippen LogP contribution < -0.4 is 0 Å². The molecule has 2 aromatic carbocycles. The lowest BCUT2D eigenvalue weighted by molar-refractivity contribution is 0.502. The molecular weight excluding hydrogens is 208 g/mol. The number of hydrogen-bond acceptors (Lipinski definition) is 2. The third-order valence-corrected chi connectivity index (χ3v) is 4.22. The van der Waals surface area contributed by atoms with Crippen molar-refractivity contribution in [3.05, 3.63) is 47.4 Å². The zero-order valence-corrected chi connectivity index (χ0v) is 8.74. The number of benzene rings is 2. The average Bonchev–Trinajstić information content (AvgIpc) is 2.55. The fourth-order valence-corrected chi connectivity index (χ4v) is 3.43. The Balaban J connectivity index is 2.46. The molecule has 0 spiro atoms. The molecule has 1 aliphatic rings. The molecule has 0 saturated heterocycles. The normalized spacial score (nSPS) is 19.1. The van der Waals surface area contributed by atoms with Gasteiger partial charge in [0, 0.05) is 10.8 Å². The van der Waals surface area contributed by atoms with Crippen LogP contribution in [-0.4, -0.2) is 9.11 Å². The van der Waals surface area contributed by atoms with Gasteiger partial charge in [0.15, 0.2) is 0 Å². The highest BCUT2D eigenvalue weighted by molar-refractivity contribution is 8.27. The van der Waals surface area contributed by atoms with E-state index in [9.17, 15) is 9.11 Å². The Morgan fingerprint density at radius 3 is 2.60 bits per heavy atom. The molecule has 2 aromatic rings. The van der Waals surface area contributed by atoms with Crippen molar-refractivity contribution in [2.24, 2.45) is 0 Å². The molecule has 0 unspecified atom stereocenters. The molecule has 3 rings (SSSR count). The largest absolute Gasteiger partial charge is 0.291 e. The van der Waals surface area contributed by atoms with Gasteiger partial charge in [0.2, 0.25) is 0 Å². The fraction of sp³-hybridized carbons (Fsp3) is 0. The van der Waals surface area contributed by atoms with Gasteiger partial charge in [-0.15, -0.1) is 10.6 Å². The van der Waals surface area contributed by atoms with Gasteiger partial charge >= 0.3 is 0 Å². The highest BCUT2D eigenvalue weighted by Gasteiger charge is 2.23. The van der Waals surface area contributed by atoms with Crippen molar-refractivity contribution >= 4 is 27.4 Å². The van der Waals surface area contributed by atoms with Crippen LogP contribution in [0.1, 0.15) is 5.56 Å². The monoisotopic (exact) mass is 218 g/mol. The van der Waals surface area contributed by atoms with Gasteiger partial charge in [-0.05, 0) is 17.0 Å². The van der Waals surface area contributed by atoms with Crippen LogP contribution in [0, 0.1) is 0 Å². The molecule has 0 aromatic heterocycles. The lowest BCUT2D eigenvalue weighted by Gasteiger charge is -2.26. The smallest absolute Gasteiger partial charge is 0.0781 e. The molecule has 1 heterocycles. The van der Waals surface area contributed by atoms with Crippen LogP contribution >= 0.6 is 10.6 Å². The van der Waals surface area contributed by atoms with Crippen molar-refractivity contribution in [3.63, 3.8) is 0 Å². The highest BCUT2D eigenvalue weighted by atomic mass is 32.3. The summed E-state index contributed by atoms with van der Waals surface area (Å²) in [5.74, 6) is 0. The highest BCUT2D eigenvalue weighted by Crippen LogP contribution is 2.58. The summed E-state index contributed by atoms with van der Waals surface area (Å²) in [6.07, 6.45) is 1.77. The second kappa shape index (κ2) is 2.85. The van der Waals surface area contributed by atoms with E-state index in [1.54, 1.807) is 6.08 Å². The van der Waals surface area contributed by atoms with Gasteiger partial charge in [0.1, 0.15) is 0 Å². The molecule has 2 nitrogen and oxygen atoms in total. The summed E-state index contributed by atoms with van der Waals surface area (Å²) in [5.41, 5.74) is 0.911. The van der Waals surface area contributed by atoms with Crippen LogP contribution in [-0.2, 0) is 0 Å². The minimum absolute atomic E-state index is 0.667. The van der Waals surface area contributed by atoms with Gasteiger partial charge in [-0.1, -0.05) is 36.4 Å². The van der Waals surface area contributed by atoms with Gasteiger partial charge in [0.05, 0.1) is 4.90 Å². The van der Waals surface area contributed by atoms with Crippen LogP contribution in [0.5, 0.6) is 0 Å². The second-order valence-corrected chi connectivity index (χ2v) is 5.47. The molecule has 76 valence electrons. The van der Waals surface area contributed by atoms with Crippen LogP contribution in [0.25, 0.3) is 16.8 Å². The van der Waals surface area contributed by atoms with E-state index >= 15 is 0 Å². The van der Waals surface area contributed by atoms with E-state index in [1.165, 1.54) is 5.41 Å². The standard InChI is InChI=1S/C12H10O2S/c13-15(14)8-7-10-6-5-9-3-1-2-4-11(9)12(10)15/h1-8,13-14H. The molecule has 15 heavy (non-hydrogen) atoms. The van der Waals surface area contributed by atoms with Crippen molar-refractivity contribution in [1.29, 1.82) is 0 Å². The van der Waals surface area contributed by atoms with Crippen LogP contribution in [0.4, 0.5) is 0 Å². The van der Waals surface area contributed by atoms with Crippen LogP contribution in [0.15, 0.2) is 46.7 Å². The summed E-state index contributed by atoms with van der Waals surface area (Å²) in [4.78, 5) is 0.667. The van der Waals surface area contributed by atoms with Crippen molar-refractivity contribution < 1.29 is 9.11 Å². The zero-order valence-electron chi connectivity index (χ0n) is 7.92. The van der Waals surface area contributed by atoms with E-state index in [0.29, 0.717) is 4.90 Å². The minimum Gasteiger partial charge on any atom is -0.291 e. The lowest BCUT2D eigenvalue weighted by atomic mass is 10.1. The Kier molecular flexibility index (Phi) is 1.71. The quantitative estimate of drug-likeness (QED) is 0.703. The SMILES string of the molecule is OS1(O)C=Cc2ccc3ccccc3c21. The molecule has 0 radical (unpaired) electrons. The topological polar surface area (TPSA) is 40.5 Å². The fourth-order valence-electron chi connectivity index (χ4n) is 1.96. The van der Waals surface area contributed by atoms with Gasteiger partial charge in [-0.25, -0.2) is 0 Å². The summed E-state index contributed by atoms with van der Waals surface area (Å²) in [6, 6.07) is 11.7. The molecule has 2 N–H and O–H groups in total. The Bertz CT molecular complexity index is 573. The summed E-state index contributed by atoms with van der Waals surface area (Å²) < 4.78 is 19.8. The van der Waals surface area contributed by atoms with Gasteiger partial charge < -0.3 is 0 Å². The first-order valence-corrected chi connectivity index (χ1v) is 6.27. The van der Waals surface area contributed by atoms with Crippen molar-refractivity contribution in [2.45, 2.75) is 4.90 Å². The number of hydrogen-bond donors (Lipinski definition) is 2. The minimum atomic E-state index is -2.71. The predicted octanol–water partition coefficient (Wildman–Crippen LogP) is 3.93. The first-order chi connectivity index (χ1) is 7.18. The molecule has 0 aliphatic carbocycles. The van der Waals surface area contributed by atoms with E-state index in [4.69, 9.17) is 0 Å². The van der Waals surface area contributed by atoms with E-state index in [2.05, 4.69) is 0 Å². The summed E-state index contributed by atoms with van der Waals surface area (Å²) in [7, 11) is -2.71. The van der Waals surface area contributed by atoms with Crippen LogP contribution in [0.3, 0.4) is 0 Å². The van der Waals surface area contributed by atoms with Gasteiger partial charge in [0.25, 0.3) is 0 Å². The van der Waals surface area contributed by atoms with Crippen molar-refractivity contribution in [1.82, 2.24) is 0 Å². The van der Waals surface area contributed by atoms with Gasteiger partial charge in [-0.2, -0.15) is 0 Å². The zero-order chi connectivity index (χ0) is 10.5. The van der Waals surface area contributed by atoms with E-state index in [0.717, 1.165) is 16.3 Å². The van der Waals surface area contributed by atoms with Crippen molar-refractivity contribution in [3.8, 4) is 0 Å². The number of fused-ring (bicyclic) bond motifs is 3. The third kappa shape index (κ3) is 1.21. The van der Waals surface area contributed by atoms with Crippen molar-refractivity contribution in [2.75, 3.05) is 0 Å². The predicted molar refractivity (Wildman–Crippen MR) is 64.1 cm³/mol. The summed E-state index contributed by atoms with van der Waals surface area (Å²) in [5, 5.41) is 3.46. The van der Waals surface area contributed by atoms with E-state index in [1.807, 2.05) is 36.4 Å². The van der Waals surface area contributed by atoms with E-state index < -0.39 is 10.6 Å². The molecule has 0 atom stereocenters. The molecule has 0 amide bonds. The first kappa shape index (κ1) is 8.97. The Labute approximate surface area is 89.2 Å². The van der Waals surface area contributed by atoms with Crippen LogP contribution in [0.2, 0.25) is 0 Å². The Morgan fingerprint density at radius 2 is 1.73 bits per heavy atom. The first-order valence-electron chi connectivity index (χ1n) is 4.67. The van der Waals surface area contributed by atoms with E-state index in [-0.39, 0.29) is 0 Å². The maximum atomic E-state index is 9.90.